The fourth-order valence-electron chi connectivity index (χ4n) is 0.167. The minimum absolute atomic E-state index is 0.168. The van der Waals surface area contributed by atoms with E-state index in [2.05, 4.69) is 15.9 Å². The van der Waals surface area contributed by atoms with Crippen molar-refractivity contribution in [3.63, 3.8) is 0 Å². The van der Waals surface area contributed by atoms with Crippen molar-refractivity contribution in [3.05, 3.63) is 0 Å². The van der Waals surface area contributed by atoms with Crippen LogP contribution in [0.15, 0.2) is 0 Å². The Bertz CT molecular complexity index is 33.2. The second kappa shape index (κ2) is 4.88. The van der Waals surface area contributed by atoms with Crippen LogP contribution in [0.2, 0.25) is 0 Å². The maximum absolute atomic E-state index is 5.41. The molecule has 44 valence electrons. The topological polar surface area (TPSA) is 9.23 Å². The number of hydrogen-bond acceptors (Lipinski definition) is 1. The van der Waals surface area contributed by atoms with Crippen LogP contribution in [0.3, 0.4) is 0 Å². The van der Waals surface area contributed by atoms with Crippen LogP contribution in [0.5, 0.6) is 0 Å². The van der Waals surface area contributed by atoms with E-state index in [1.165, 1.54) is 0 Å². The molecule has 0 aromatic carbocycles. The molecule has 0 aliphatic rings. The second-order valence-electron chi connectivity index (χ2n) is 1.17. The molecule has 0 heterocycles. The molecule has 0 amide bonds. The number of alkyl halides is 2. The lowest BCUT2D eigenvalue weighted by Gasteiger charge is -2.04. The smallest absolute Gasteiger partial charge is 0.0803 e. The average Bonchev–Trinajstić information content (AvgIpc) is 1.72. The Labute approximate surface area is 57.1 Å². The summed E-state index contributed by atoms with van der Waals surface area (Å²) in [6, 6.07) is 0. The fraction of sp³-hybridized carbons (Fsp3) is 1.00. The van der Waals surface area contributed by atoms with Gasteiger partial charge >= 0.3 is 0 Å². The minimum Gasteiger partial charge on any atom is -0.379 e. The summed E-state index contributed by atoms with van der Waals surface area (Å²) < 4.78 is 4.87. The van der Waals surface area contributed by atoms with Gasteiger partial charge in [0.1, 0.15) is 0 Å². The van der Waals surface area contributed by atoms with E-state index in [4.69, 9.17) is 16.3 Å². The van der Waals surface area contributed by atoms with Gasteiger partial charge in [0.05, 0.1) is 6.10 Å². The Morgan fingerprint density at radius 1 is 1.86 bits per heavy atom. The van der Waals surface area contributed by atoms with Gasteiger partial charge in [-0.15, -0.1) is 11.6 Å². The van der Waals surface area contributed by atoms with Gasteiger partial charge in [-0.25, -0.2) is 0 Å². The van der Waals surface area contributed by atoms with Crippen molar-refractivity contribution in [2.75, 3.05) is 18.3 Å². The first-order chi connectivity index (χ1) is 3.35. The highest BCUT2D eigenvalue weighted by atomic mass is 79.9. The average molecular weight is 187 g/mol. The van der Waals surface area contributed by atoms with Crippen LogP contribution in [-0.2, 0) is 4.74 Å². The van der Waals surface area contributed by atoms with Gasteiger partial charge in [0, 0.05) is 18.3 Å². The van der Waals surface area contributed by atoms with E-state index in [1.54, 1.807) is 7.11 Å². The van der Waals surface area contributed by atoms with Crippen molar-refractivity contribution in [2.45, 2.75) is 6.10 Å². The van der Waals surface area contributed by atoms with E-state index in [0.29, 0.717) is 5.88 Å². The largest absolute Gasteiger partial charge is 0.379 e. The van der Waals surface area contributed by atoms with Gasteiger partial charge in [-0.3, -0.25) is 0 Å². The molecular weight excluding hydrogens is 179 g/mol. The monoisotopic (exact) mass is 186 g/mol. The van der Waals surface area contributed by atoms with Gasteiger partial charge in [-0.2, -0.15) is 0 Å². The van der Waals surface area contributed by atoms with Crippen molar-refractivity contribution < 1.29 is 4.74 Å². The predicted molar refractivity (Wildman–Crippen MR) is 35.3 cm³/mol. The van der Waals surface area contributed by atoms with Crippen LogP contribution < -0.4 is 0 Å². The van der Waals surface area contributed by atoms with Crippen LogP contribution in [0, 0.1) is 0 Å². The Morgan fingerprint density at radius 2 is 2.43 bits per heavy atom. The summed E-state index contributed by atoms with van der Waals surface area (Å²) in [5.41, 5.74) is 0. The second-order valence-corrected chi connectivity index (χ2v) is 2.12. The molecule has 0 radical (unpaired) electrons. The molecule has 0 aromatic rings. The lowest BCUT2D eigenvalue weighted by molar-refractivity contribution is 0.141. The summed E-state index contributed by atoms with van der Waals surface area (Å²) in [6.07, 6.45) is 0.168. The molecule has 0 rings (SSSR count). The van der Waals surface area contributed by atoms with Crippen LogP contribution in [0.25, 0.3) is 0 Å². The van der Waals surface area contributed by atoms with Crippen molar-refractivity contribution in [3.8, 4) is 0 Å². The van der Waals surface area contributed by atoms with Crippen LogP contribution in [-0.4, -0.2) is 24.4 Å². The molecular formula is C4H8BrClO. The maximum Gasteiger partial charge on any atom is 0.0803 e. The van der Waals surface area contributed by atoms with Crippen LogP contribution >= 0.6 is 27.5 Å². The lowest BCUT2D eigenvalue weighted by atomic mass is 10.5. The standard InChI is InChI=1S/C4H8BrClO/c1-7-4(2-5)3-6/h4H,2-3H2,1H3. The van der Waals surface area contributed by atoms with E-state index in [9.17, 15) is 0 Å². The third kappa shape index (κ3) is 3.32. The number of ether oxygens (including phenoxy) is 1. The summed E-state index contributed by atoms with van der Waals surface area (Å²) in [5, 5.41) is 0.812. The number of methoxy groups -OCH3 is 1. The Kier molecular flexibility index (Phi) is 5.39. The number of rotatable bonds is 3. The number of halogens is 2. The normalized spacial score (nSPS) is 14.1. The SMILES string of the molecule is COC(CCl)CBr. The third-order valence-corrected chi connectivity index (χ3v) is 1.74. The summed E-state index contributed by atoms with van der Waals surface area (Å²) in [5.74, 6) is 0.557. The van der Waals surface area contributed by atoms with E-state index in [0.717, 1.165) is 5.33 Å². The van der Waals surface area contributed by atoms with Crippen molar-refractivity contribution in [1.29, 1.82) is 0 Å². The molecule has 0 saturated carbocycles. The van der Waals surface area contributed by atoms with Crippen LogP contribution in [0.4, 0.5) is 0 Å². The first kappa shape index (κ1) is 7.73. The van der Waals surface area contributed by atoms with Gasteiger partial charge in [0.25, 0.3) is 0 Å². The Hall–Kier alpha value is 0.730. The van der Waals surface area contributed by atoms with E-state index in [1.807, 2.05) is 0 Å². The Morgan fingerprint density at radius 3 is 2.43 bits per heavy atom. The molecule has 0 spiro atoms. The van der Waals surface area contributed by atoms with Crippen molar-refractivity contribution in [1.82, 2.24) is 0 Å². The summed E-state index contributed by atoms with van der Waals surface area (Å²) in [7, 11) is 1.65. The minimum atomic E-state index is 0.168. The van der Waals surface area contributed by atoms with Gasteiger partial charge in [0.15, 0.2) is 0 Å². The highest BCUT2D eigenvalue weighted by Gasteiger charge is 1.99. The number of hydrogen-bond donors (Lipinski definition) is 0. The van der Waals surface area contributed by atoms with E-state index >= 15 is 0 Å². The van der Waals surface area contributed by atoms with Crippen LogP contribution in [0.1, 0.15) is 0 Å². The molecule has 0 aliphatic carbocycles. The van der Waals surface area contributed by atoms with Gasteiger partial charge in [-0.1, -0.05) is 15.9 Å². The molecule has 0 fully saturated rings. The third-order valence-electron chi connectivity index (χ3n) is 0.678. The highest BCUT2D eigenvalue weighted by Crippen LogP contribution is 1.96. The zero-order valence-corrected chi connectivity index (χ0v) is 6.50. The fourth-order valence-corrected chi connectivity index (χ4v) is 1.16. The molecule has 0 aliphatic heterocycles. The predicted octanol–water partition coefficient (Wildman–Crippen LogP) is 1.64. The maximum atomic E-state index is 5.41. The molecule has 0 aromatic heterocycles. The molecule has 0 bridgehead atoms. The first-order valence-corrected chi connectivity index (χ1v) is 3.65. The van der Waals surface area contributed by atoms with E-state index in [-0.39, 0.29) is 6.10 Å². The zero-order chi connectivity index (χ0) is 5.70. The van der Waals surface area contributed by atoms with Gasteiger partial charge < -0.3 is 4.74 Å². The highest BCUT2D eigenvalue weighted by molar-refractivity contribution is 9.09. The van der Waals surface area contributed by atoms with E-state index < -0.39 is 0 Å². The summed E-state index contributed by atoms with van der Waals surface area (Å²) in [4.78, 5) is 0. The van der Waals surface area contributed by atoms with Gasteiger partial charge in [-0.05, 0) is 0 Å². The molecule has 0 saturated heterocycles. The Balaban J connectivity index is 2.99. The quantitative estimate of drug-likeness (QED) is 0.611. The summed E-state index contributed by atoms with van der Waals surface area (Å²) in [6.45, 7) is 0. The molecule has 7 heavy (non-hydrogen) atoms. The first-order valence-electron chi connectivity index (χ1n) is 1.99. The molecule has 0 N–H and O–H groups in total. The lowest BCUT2D eigenvalue weighted by Crippen LogP contribution is -2.12. The van der Waals surface area contributed by atoms with Gasteiger partial charge in [0.2, 0.25) is 0 Å². The molecule has 3 heteroatoms. The zero-order valence-electron chi connectivity index (χ0n) is 4.16. The molecule has 1 atom stereocenters. The summed E-state index contributed by atoms with van der Waals surface area (Å²) >= 11 is 8.64. The van der Waals surface area contributed by atoms with Crippen molar-refractivity contribution in [2.24, 2.45) is 0 Å². The van der Waals surface area contributed by atoms with Crippen molar-refractivity contribution >= 4 is 27.5 Å². The molecule has 1 unspecified atom stereocenters. The molecule has 1 nitrogen and oxygen atoms in total.